The maximum Gasteiger partial charge on any atom is 0.256 e. The summed E-state index contributed by atoms with van der Waals surface area (Å²) in [5.41, 5.74) is 1.26. The second-order valence-electron chi connectivity index (χ2n) is 9.65. The molecule has 0 radical (unpaired) electrons. The molecule has 170 valence electrons. The number of rotatable bonds is 5. The second kappa shape index (κ2) is 9.53. The largest absolute Gasteiger partial charge is 0.338 e. The molecule has 1 N–H and O–H groups in total. The molecule has 0 bridgehead atoms. The number of amides is 2. The first-order chi connectivity index (χ1) is 15.0. The van der Waals surface area contributed by atoms with Gasteiger partial charge in [-0.3, -0.25) is 14.4 Å². The normalized spacial score (nSPS) is 23.0. The Balaban J connectivity index is 1.47. The fraction of sp³-hybridized carbons (Fsp3) is 0.750. The van der Waals surface area contributed by atoms with Crippen LogP contribution in [0.25, 0.3) is 0 Å². The zero-order chi connectivity index (χ0) is 22.0. The van der Waals surface area contributed by atoms with Crippen LogP contribution in [0.4, 0.5) is 0 Å². The van der Waals surface area contributed by atoms with E-state index in [-0.39, 0.29) is 29.3 Å². The van der Waals surface area contributed by atoms with Gasteiger partial charge in [-0.2, -0.15) is 0 Å². The quantitative estimate of drug-likeness (QED) is 0.779. The van der Waals surface area contributed by atoms with Crippen LogP contribution in [0, 0.1) is 11.8 Å². The fourth-order valence-electron chi connectivity index (χ4n) is 5.35. The summed E-state index contributed by atoms with van der Waals surface area (Å²) in [5, 5.41) is 0. The molecule has 1 aliphatic carbocycles. The Morgan fingerprint density at radius 2 is 1.90 bits per heavy atom. The lowest BCUT2D eigenvalue weighted by Gasteiger charge is -2.31. The van der Waals surface area contributed by atoms with Crippen molar-refractivity contribution in [3.05, 3.63) is 27.4 Å². The van der Waals surface area contributed by atoms with Crippen molar-refractivity contribution in [3.8, 4) is 0 Å². The van der Waals surface area contributed by atoms with Crippen molar-refractivity contribution in [2.75, 3.05) is 13.1 Å². The van der Waals surface area contributed by atoms with Crippen molar-refractivity contribution >= 4 is 11.8 Å². The minimum absolute atomic E-state index is 0.0197. The molecule has 0 aromatic carbocycles. The summed E-state index contributed by atoms with van der Waals surface area (Å²) >= 11 is 0. The van der Waals surface area contributed by atoms with Crippen LogP contribution < -0.4 is 5.56 Å². The number of nitrogens with one attached hydrogen (secondary N) is 1. The smallest absolute Gasteiger partial charge is 0.256 e. The molecule has 3 heterocycles. The molecule has 1 aromatic rings. The molecule has 2 atom stereocenters. The van der Waals surface area contributed by atoms with Gasteiger partial charge < -0.3 is 14.8 Å². The summed E-state index contributed by atoms with van der Waals surface area (Å²) in [5.74, 6) is 1.40. The van der Waals surface area contributed by atoms with Gasteiger partial charge in [0, 0.05) is 31.8 Å². The van der Waals surface area contributed by atoms with Gasteiger partial charge in [-0.1, -0.05) is 33.1 Å². The Morgan fingerprint density at radius 1 is 1.13 bits per heavy atom. The van der Waals surface area contributed by atoms with Crippen LogP contribution in [0.15, 0.2) is 4.79 Å². The monoisotopic (exact) mass is 428 g/mol. The Bertz CT molecular complexity index is 874. The molecule has 3 aliphatic rings. The Hall–Kier alpha value is -2.18. The molecule has 1 saturated carbocycles. The first kappa shape index (κ1) is 22.0. The second-order valence-corrected chi connectivity index (χ2v) is 9.65. The summed E-state index contributed by atoms with van der Waals surface area (Å²) in [6.45, 7) is 5.67. The number of hydrogen-bond acceptors (Lipinski definition) is 4. The predicted molar refractivity (Wildman–Crippen MR) is 118 cm³/mol. The predicted octanol–water partition coefficient (Wildman–Crippen LogP) is 3.33. The highest BCUT2D eigenvalue weighted by Gasteiger charge is 2.35. The maximum absolute atomic E-state index is 12.9. The van der Waals surface area contributed by atoms with Gasteiger partial charge in [-0.05, 0) is 38.0 Å². The van der Waals surface area contributed by atoms with Crippen LogP contribution in [0.2, 0.25) is 0 Å². The van der Waals surface area contributed by atoms with Gasteiger partial charge in [0.05, 0.1) is 23.8 Å². The summed E-state index contributed by atoms with van der Waals surface area (Å²) in [7, 11) is 0. The third-order valence-corrected chi connectivity index (χ3v) is 7.51. The van der Waals surface area contributed by atoms with E-state index in [2.05, 4.69) is 4.98 Å². The summed E-state index contributed by atoms with van der Waals surface area (Å²) in [6, 6.07) is -0.148. The number of aromatic amines is 1. The van der Waals surface area contributed by atoms with Gasteiger partial charge in [0.25, 0.3) is 5.56 Å². The van der Waals surface area contributed by atoms with Crippen LogP contribution >= 0.6 is 0 Å². The Labute approximate surface area is 184 Å². The zero-order valence-corrected chi connectivity index (χ0v) is 19.0. The molecular formula is C24H36N4O3. The highest BCUT2D eigenvalue weighted by Crippen LogP contribution is 2.32. The van der Waals surface area contributed by atoms with Gasteiger partial charge in [-0.25, -0.2) is 4.98 Å². The van der Waals surface area contributed by atoms with Gasteiger partial charge in [0.2, 0.25) is 11.8 Å². The van der Waals surface area contributed by atoms with E-state index in [1.807, 2.05) is 23.6 Å². The SMILES string of the molecule is CC[C@H](C)C(=O)N1CCC[C@@H]1c1nc2c(c(=O)[nH]1)CN(C(=O)CC1CCCCC1)CC2. The molecule has 0 spiro atoms. The van der Waals surface area contributed by atoms with E-state index in [0.29, 0.717) is 43.2 Å². The van der Waals surface area contributed by atoms with E-state index in [1.54, 1.807) is 0 Å². The first-order valence-corrected chi connectivity index (χ1v) is 12.2. The number of nitrogens with zero attached hydrogens (tertiary/aromatic N) is 3. The van der Waals surface area contributed by atoms with Gasteiger partial charge in [-0.15, -0.1) is 0 Å². The molecule has 7 nitrogen and oxygen atoms in total. The molecule has 1 saturated heterocycles. The molecule has 7 heteroatoms. The van der Waals surface area contributed by atoms with Crippen molar-refractivity contribution < 1.29 is 9.59 Å². The number of likely N-dealkylation sites (tertiary alicyclic amines) is 1. The summed E-state index contributed by atoms with van der Waals surface area (Å²) in [6.07, 6.45) is 9.81. The van der Waals surface area contributed by atoms with Crippen LogP contribution in [0.1, 0.15) is 94.8 Å². The van der Waals surface area contributed by atoms with Crippen molar-refractivity contribution in [2.24, 2.45) is 11.8 Å². The molecule has 0 unspecified atom stereocenters. The third kappa shape index (κ3) is 4.70. The topological polar surface area (TPSA) is 86.4 Å². The van der Waals surface area contributed by atoms with Crippen molar-refractivity contribution in [2.45, 2.75) is 90.6 Å². The average molecular weight is 429 g/mol. The maximum atomic E-state index is 12.9. The van der Waals surface area contributed by atoms with Crippen LogP contribution in [0.3, 0.4) is 0 Å². The van der Waals surface area contributed by atoms with Crippen molar-refractivity contribution in [1.29, 1.82) is 0 Å². The highest BCUT2D eigenvalue weighted by molar-refractivity contribution is 5.79. The zero-order valence-electron chi connectivity index (χ0n) is 19.0. The number of carbonyl (C=O) groups excluding carboxylic acids is 2. The van der Waals surface area contributed by atoms with E-state index in [4.69, 9.17) is 4.98 Å². The minimum Gasteiger partial charge on any atom is -0.338 e. The lowest BCUT2D eigenvalue weighted by Crippen LogP contribution is -2.41. The number of carbonyl (C=O) groups is 2. The standard InChI is InChI=1S/C24H36N4O3/c1-3-16(2)24(31)28-12-7-10-20(28)22-25-19-11-13-27(15-18(19)23(30)26-22)21(29)14-17-8-5-4-6-9-17/h16-17,20H,3-15H2,1-2H3,(H,25,26,30)/t16-,20+/m0/s1. The fourth-order valence-corrected chi connectivity index (χ4v) is 5.35. The average Bonchev–Trinajstić information content (AvgIpc) is 3.28. The van der Waals surface area contributed by atoms with E-state index < -0.39 is 0 Å². The van der Waals surface area contributed by atoms with Gasteiger partial charge in [0.1, 0.15) is 5.82 Å². The van der Waals surface area contributed by atoms with E-state index >= 15 is 0 Å². The molecular weight excluding hydrogens is 392 g/mol. The van der Waals surface area contributed by atoms with Crippen LogP contribution in [-0.4, -0.2) is 44.7 Å². The summed E-state index contributed by atoms with van der Waals surface area (Å²) in [4.78, 5) is 50.0. The molecule has 2 amide bonds. The van der Waals surface area contributed by atoms with E-state index in [1.165, 1.54) is 19.3 Å². The Morgan fingerprint density at radius 3 is 2.65 bits per heavy atom. The third-order valence-electron chi connectivity index (χ3n) is 7.51. The number of H-pyrrole nitrogens is 1. The Kier molecular flexibility index (Phi) is 6.77. The number of aromatic nitrogens is 2. The minimum atomic E-state index is -0.155. The molecule has 2 fully saturated rings. The molecule has 31 heavy (non-hydrogen) atoms. The van der Waals surface area contributed by atoms with Gasteiger partial charge in [0.15, 0.2) is 0 Å². The lowest BCUT2D eigenvalue weighted by molar-refractivity contribution is -0.136. The number of fused-ring (bicyclic) bond motifs is 1. The number of hydrogen-bond donors (Lipinski definition) is 1. The van der Waals surface area contributed by atoms with E-state index in [9.17, 15) is 14.4 Å². The van der Waals surface area contributed by atoms with Crippen LogP contribution in [0.5, 0.6) is 0 Å². The van der Waals surface area contributed by atoms with Crippen molar-refractivity contribution in [3.63, 3.8) is 0 Å². The first-order valence-electron chi connectivity index (χ1n) is 12.2. The van der Waals surface area contributed by atoms with Crippen molar-refractivity contribution in [1.82, 2.24) is 19.8 Å². The van der Waals surface area contributed by atoms with E-state index in [0.717, 1.165) is 44.3 Å². The van der Waals surface area contributed by atoms with Crippen LogP contribution in [-0.2, 0) is 22.6 Å². The molecule has 4 rings (SSSR count). The van der Waals surface area contributed by atoms with Gasteiger partial charge >= 0.3 is 0 Å². The summed E-state index contributed by atoms with van der Waals surface area (Å²) < 4.78 is 0. The molecule has 2 aliphatic heterocycles. The highest BCUT2D eigenvalue weighted by atomic mass is 16.2. The lowest BCUT2D eigenvalue weighted by atomic mass is 9.86. The molecule has 1 aromatic heterocycles.